The first-order chi connectivity index (χ1) is 13.6. The van der Waals surface area contributed by atoms with Crippen molar-refractivity contribution in [1.29, 1.82) is 0 Å². The number of nitrogens with one attached hydrogen (secondary N) is 1. The summed E-state index contributed by atoms with van der Waals surface area (Å²) in [6.07, 6.45) is 4.57. The van der Waals surface area contributed by atoms with Crippen LogP contribution < -0.4 is 14.8 Å². The zero-order chi connectivity index (χ0) is 19.9. The molecule has 0 fully saturated rings. The third kappa shape index (κ3) is 4.26. The highest BCUT2D eigenvalue weighted by Gasteiger charge is 2.18. The number of methoxy groups -OCH3 is 1. The van der Waals surface area contributed by atoms with Crippen LogP contribution in [0.25, 0.3) is 5.69 Å². The lowest BCUT2D eigenvalue weighted by molar-refractivity contribution is -0.384. The van der Waals surface area contributed by atoms with Crippen molar-refractivity contribution >= 4 is 11.6 Å². The summed E-state index contributed by atoms with van der Waals surface area (Å²) in [5, 5.41) is 14.1. The molecule has 28 heavy (non-hydrogen) atoms. The Kier molecular flexibility index (Phi) is 5.85. The quantitative estimate of drug-likeness (QED) is 0.364. The van der Waals surface area contributed by atoms with Crippen LogP contribution in [0.5, 0.6) is 11.5 Å². The van der Waals surface area contributed by atoms with Crippen molar-refractivity contribution in [1.82, 2.24) is 14.9 Å². The van der Waals surface area contributed by atoms with Crippen molar-refractivity contribution in [2.45, 2.75) is 0 Å². The third-order valence-corrected chi connectivity index (χ3v) is 3.93. The maximum atomic E-state index is 12.3. The van der Waals surface area contributed by atoms with Crippen molar-refractivity contribution in [3.63, 3.8) is 0 Å². The van der Waals surface area contributed by atoms with E-state index in [1.165, 1.54) is 35.3 Å². The van der Waals surface area contributed by atoms with Gasteiger partial charge in [0.05, 0.1) is 24.9 Å². The fraction of sp³-hybridized carbons (Fsp3) is 0.158. The number of nitro benzene ring substituents is 1. The molecule has 1 aromatic heterocycles. The van der Waals surface area contributed by atoms with Crippen LogP contribution in [-0.4, -0.2) is 40.6 Å². The lowest BCUT2D eigenvalue weighted by atomic mass is 10.1. The van der Waals surface area contributed by atoms with Crippen LogP contribution in [0.1, 0.15) is 10.4 Å². The van der Waals surface area contributed by atoms with Crippen LogP contribution in [-0.2, 0) is 0 Å². The fourth-order valence-corrected chi connectivity index (χ4v) is 2.60. The van der Waals surface area contributed by atoms with Gasteiger partial charge in [-0.15, -0.1) is 0 Å². The Morgan fingerprint density at radius 1 is 1.25 bits per heavy atom. The van der Waals surface area contributed by atoms with E-state index >= 15 is 0 Å². The number of para-hydroxylation sites is 2. The molecule has 0 aliphatic rings. The first-order valence-corrected chi connectivity index (χ1v) is 8.41. The van der Waals surface area contributed by atoms with Crippen LogP contribution >= 0.6 is 0 Å². The van der Waals surface area contributed by atoms with Crippen molar-refractivity contribution < 1.29 is 19.2 Å². The first-order valence-electron chi connectivity index (χ1n) is 8.41. The van der Waals surface area contributed by atoms with Gasteiger partial charge >= 0.3 is 0 Å². The van der Waals surface area contributed by atoms with Crippen molar-refractivity contribution in [2.24, 2.45) is 0 Å². The monoisotopic (exact) mass is 382 g/mol. The van der Waals surface area contributed by atoms with Gasteiger partial charge in [-0.25, -0.2) is 4.98 Å². The zero-order valence-electron chi connectivity index (χ0n) is 15.1. The molecule has 0 spiro atoms. The largest absolute Gasteiger partial charge is 0.493 e. The molecule has 0 aliphatic heterocycles. The summed E-state index contributed by atoms with van der Waals surface area (Å²) in [6.45, 7) is 0.454. The van der Waals surface area contributed by atoms with E-state index in [-0.39, 0.29) is 24.4 Å². The molecular formula is C19H18N4O5. The molecule has 0 aliphatic carbocycles. The molecule has 3 rings (SSSR count). The maximum Gasteiger partial charge on any atom is 0.294 e. The number of hydrogen-bond acceptors (Lipinski definition) is 6. The minimum absolute atomic E-state index is 0.184. The highest BCUT2D eigenvalue weighted by molar-refractivity contribution is 5.95. The standard InChI is InChI=1S/C19H18N4O5/c1-27-17-4-2-3-5-18(17)28-11-9-21-19(24)14-6-7-15(16(12-14)23(25)26)22-10-8-20-13-22/h2-8,10,12-13H,9,11H2,1H3,(H,21,24). The average Bonchev–Trinajstić information content (AvgIpc) is 3.25. The molecule has 0 saturated heterocycles. The number of carbonyl (C=O) groups is 1. The molecule has 0 radical (unpaired) electrons. The van der Waals surface area contributed by atoms with Crippen molar-refractivity contribution in [3.05, 3.63) is 76.9 Å². The molecule has 0 unspecified atom stereocenters. The number of benzene rings is 2. The predicted octanol–water partition coefficient (Wildman–Crippen LogP) is 2.60. The van der Waals surface area contributed by atoms with Gasteiger partial charge in [0.25, 0.3) is 11.6 Å². The number of ether oxygens (including phenoxy) is 2. The van der Waals surface area contributed by atoms with E-state index in [1.807, 2.05) is 12.1 Å². The molecule has 9 nitrogen and oxygen atoms in total. The number of aromatic nitrogens is 2. The van der Waals surface area contributed by atoms with E-state index in [0.717, 1.165) is 0 Å². The lowest BCUT2D eigenvalue weighted by Gasteiger charge is -2.11. The molecule has 0 atom stereocenters. The van der Waals surface area contributed by atoms with Gasteiger partial charge in [0, 0.05) is 24.0 Å². The predicted molar refractivity (Wildman–Crippen MR) is 101 cm³/mol. The molecular weight excluding hydrogens is 364 g/mol. The summed E-state index contributed by atoms with van der Waals surface area (Å²) < 4.78 is 12.3. The van der Waals surface area contributed by atoms with Gasteiger partial charge in [0.2, 0.25) is 0 Å². The summed E-state index contributed by atoms with van der Waals surface area (Å²) in [7, 11) is 1.55. The smallest absolute Gasteiger partial charge is 0.294 e. The first kappa shape index (κ1) is 18.9. The Balaban J connectivity index is 1.63. The van der Waals surface area contributed by atoms with Crippen molar-refractivity contribution in [3.8, 4) is 17.2 Å². The molecule has 1 amide bonds. The normalized spacial score (nSPS) is 10.3. The molecule has 1 heterocycles. The Bertz CT molecular complexity index is 972. The second kappa shape index (κ2) is 8.67. The minimum atomic E-state index is -0.531. The van der Waals surface area contributed by atoms with E-state index in [2.05, 4.69) is 10.3 Å². The number of rotatable bonds is 8. The van der Waals surface area contributed by atoms with Gasteiger partial charge < -0.3 is 19.4 Å². The van der Waals surface area contributed by atoms with Crippen LogP contribution in [0.15, 0.2) is 61.2 Å². The van der Waals surface area contributed by atoms with Gasteiger partial charge in [0.1, 0.15) is 12.3 Å². The van der Waals surface area contributed by atoms with Crippen LogP contribution in [0, 0.1) is 10.1 Å². The lowest BCUT2D eigenvalue weighted by Crippen LogP contribution is -2.28. The van der Waals surface area contributed by atoms with Crippen molar-refractivity contribution in [2.75, 3.05) is 20.3 Å². The molecule has 144 valence electrons. The average molecular weight is 382 g/mol. The van der Waals surface area contributed by atoms with Gasteiger partial charge in [-0.2, -0.15) is 0 Å². The van der Waals surface area contributed by atoms with E-state index in [0.29, 0.717) is 17.2 Å². The second-order valence-corrected chi connectivity index (χ2v) is 5.69. The number of hydrogen-bond donors (Lipinski definition) is 1. The number of imidazole rings is 1. The Hall–Kier alpha value is -3.88. The van der Waals surface area contributed by atoms with Gasteiger partial charge in [0.15, 0.2) is 11.5 Å². The van der Waals surface area contributed by atoms with E-state index in [1.54, 1.807) is 25.4 Å². The highest BCUT2D eigenvalue weighted by atomic mass is 16.6. The van der Waals surface area contributed by atoms with E-state index < -0.39 is 10.8 Å². The number of nitrogens with zero attached hydrogens (tertiary/aromatic N) is 3. The number of amides is 1. The summed E-state index contributed by atoms with van der Waals surface area (Å²) in [5.41, 5.74) is 0.335. The Morgan fingerprint density at radius 3 is 2.71 bits per heavy atom. The summed E-state index contributed by atoms with van der Waals surface area (Å²) in [4.78, 5) is 27.0. The van der Waals surface area contributed by atoms with Gasteiger partial charge in [-0.1, -0.05) is 12.1 Å². The van der Waals surface area contributed by atoms with Gasteiger partial charge in [-0.05, 0) is 24.3 Å². The molecule has 3 aromatic rings. The molecule has 9 heteroatoms. The van der Waals surface area contributed by atoms with E-state index in [4.69, 9.17) is 9.47 Å². The summed E-state index contributed by atoms with van der Waals surface area (Å²) >= 11 is 0. The topological polar surface area (TPSA) is 109 Å². The summed E-state index contributed by atoms with van der Waals surface area (Å²) in [5.74, 6) is 0.739. The third-order valence-electron chi connectivity index (χ3n) is 3.93. The maximum absolute atomic E-state index is 12.3. The van der Waals surface area contributed by atoms with E-state index in [9.17, 15) is 14.9 Å². The zero-order valence-corrected chi connectivity index (χ0v) is 15.1. The summed E-state index contributed by atoms with van der Waals surface area (Å²) in [6, 6.07) is 11.5. The highest BCUT2D eigenvalue weighted by Crippen LogP contribution is 2.26. The molecule has 0 bridgehead atoms. The molecule has 2 aromatic carbocycles. The second-order valence-electron chi connectivity index (χ2n) is 5.69. The SMILES string of the molecule is COc1ccccc1OCCNC(=O)c1ccc(-n2ccnc2)c([N+](=O)[O-])c1. The molecule has 0 saturated carbocycles. The van der Waals surface area contributed by atoms with Crippen LogP contribution in [0.3, 0.4) is 0 Å². The Morgan fingerprint density at radius 2 is 2.04 bits per heavy atom. The number of carbonyl (C=O) groups excluding carboxylic acids is 1. The fourth-order valence-electron chi connectivity index (χ4n) is 2.60. The molecule has 1 N–H and O–H groups in total. The number of nitro groups is 1. The van der Waals surface area contributed by atoms with Crippen LogP contribution in [0.4, 0.5) is 5.69 Å². The Labute approximate surface area is 160 Å². The van der Waals surface area contributed by atoms with Crippen LogP contribution in [0.2, 0.25) is 0 Å². The minimum Gasteiger partial charge on any atom is -0.493 e. The van der Waals surface area contributed by atoms with Gasteiger partial charge in [-0.3, -0.25) is 14.9 Å².